The highest BCUT2D eigenvalue weighted by Crippen LogP contribution is 2.26. The summed E-state index contributed by atoms with van der Waals surface area (Å²) in [6, 6.07) is 15.3. The minimum Gasteiger partial charge on any atom is -0.447 e. The number of fused-ring (bicyclic) bond motifs is 1. The Morgan fingerprint density at radius 3 is 2.57 bits per heavy atom. The second kappa shape index (κ2) is 7.52. The quantitative estimate of drug-likeness (QED) is 0.566. The van der Waals surface area contributed by atoms with Crippen molar-refractivity contribution < 1.29 is 14.0 Å². The maximum absolute atomic E-state index is 12.2. The van der Waals surface area contributed by atoms with Crippen LogP contribution in [0.15, 0.2) is 71.7 Å². The Labute approximate surface area is 161 Å². The first-order valence-electron chi connectivity index (χ1n) is 9.06. The number of nitrogens with one attached hydrogen (secondary N) is 1. The predicted molar refractivity (Wildman–Crippen MR) is 106 cm³/mol. The van der Waals surface area contributed by atoms with Crippen LogP contribution in [0.25, 0.3) is 22.0 Å². The van der Waals surface area contributed by atoms with Gasteiger partial charge in [0, 0.05) is 23.6 Å². The molecule has 6 heteroatoms. The Hall–Kier alpha value is -3.67. The van der Waals surface area contributed by atoms with Gasteiger partial charge in [0.15, 0.2) is 6.39 Å². The fourth-order valence-electron chi connectivity index (χ4n) is 3.12. The number of carbonyl (C=O) groups is 2. The van der Waals surface area contributed by atoms with E-state index in [0.717, 1.165) is 22.0 Å². The zero-order chi connectivity index (χ0) is 19.5. The average molecular weight is 373 g/mol. The van der Waals surface area contributed by atoms with Crippen molar-refractivity contribution in [1.82, 2.24) is 14.9 Å². The largest absolute Gasteiger partial charge is 0.447 e. The first kappa shape index (κ1) is 17.7. The van der Waals surface area contributed by atoms with E-state index in [-0.39, 0.29) is 11.8 Å². The van der Waals surface area contributed by atoms with Crippen molar-refractivity contribution >= 4 is 22.7 Å². The van der Waals surface area contributed by atoms with E-state index in [4.69, 9.17) is 4.42 Å². The molecule has 0 bridgehead atoms. The van der Waals surface area contributed by atoms with E-state index in [9.17, 15) is 9.59 Å². The van der Waals surface area contributed by atoms with Crippen molar-refractivity contribution in [1.29, 1.82) is 0 Å². The third-order valence-electron chi connectivity index (χ3n) is 4.65. The number of benzene rings is 2. The zero-order valence-electron chi connectivity index (χ0n) is 15.4. The highest BCUT2D eigenvalue weighted by molar-refractivity contribution is 5.96. The lowest BCUT2D eigenvalue weighted by atomic mass is 10.0. The molecule has 0 fully saturated rings. The van der Waals surface area contributed by atoms with Gasteiger partial charge in [0.2, 0.25) is 5.91 Å². The molecule has 0 atom stereocenters. The molecule has 2 heterocycles. The molecule has 0 unspecified atom stereocenters. The molecule has 0 aliphatic rings. The van der Waals surface area contributed by atoms with Crippen LogP contribution >= 0.6 is 0 Å². The lowest BCUT2D eigenvalue weighted by molar-refractivity contribution is 0.0912. The smallest absolute Gasteiger partial charge is 0.251 e. The summed E-state index contributed by atoms with van der Waals surface area (Å²) < 4.78 is 6.79. The zero-order valence-corrected chi connectivity index (χ0v) is 15.4. The highest BCUT2D eigenvalue weighted by atomic mass is 16.3. The Morgan fingerprint density at radius 2 is 1.86 bits per heavy atom. The number of amides is 1. The van der Waals surface area contributed by atoms with Gasteiger partial charge >= 0.3 is 0 Å². The van der Waals surface area contributed by atoms with Gasteiger partial charge < -0.3 is 9.73 Å². The molecule has 0 radical (unpaired) electrons. The fourth-order valence-corrected chi connectivity index (χ4v) is 3.12. The molecule has 0 spiro atoms. The Kier molecular flexibility index (Phi) is 4.76. The molecule has 2 aromatic heterocycles. The van der Waals surface area contributed by atoms with Gasteiger partial charge in [-0.1, -0.05) is 25.1 Å². The molecule has 1 amide bonds. The molecular weight excluding hydrogens is 354 g/mol. The summed E-state index contributed by atoms with van der Waals surface area (Å²) >= 11 is 0. The first-order valence-corrected chi connectivity index (χ1v) is 9.06. The van der Waals surface area contributed by atoms with Gasteiger partial charge in [-0.3, -0.25) is 14.2 Å². The van der Waals surface area contributed by atoms with Crippen molar-refractivity contribution in [2.45, 2.75) is 19.9 Å². The number of hydrogen-bond acceptors (Lipinski definition) is 4. The van der Waals surface area contributed by atoms with Crippen LogP contribution in [0.4, 0.5) is 0 Å². The molecular formula is C22H19N3O3. The van der Waals surface area contributed by atoms with Gasteiger partial charge in [-0.25, -0.2) is 4.98 Å². The van der Waals surface area contributed by atoms with Crippen LogP contribution in [-0.4, -0.2) is 21.4 Å². The number of rotatable bonds is 5. The van der Waals surface area contributed by atoms with Crippen molar-refractivity contribution in [2.75, 3.05) is 0 Å². The van der Waals surface area contributed by atoms with Crippen LogP contribution < -0.4 is 5.32 Å². The van der Waals surface area contributed by atoms with E-state index in [0.29, 0.717) is 24.3 Å². The van der Waals surface area contributed by atoms with Crippen LogP contribution in [-0.2, 0) is 6.54 Å². The summed E-state index contributed by atoms with van der Waals surface area (Å²) in [5.41, 5.74) is 3.51. The molecule has 0 aliphatic heterocycles. The van der Waals surface area contributed by atoms with Gasteiger partial charge in [-0.15, -0.1) is 0 Å². The van der Waals surface area contributed by atoms with Gasteiger partial charge in [0.05, 0.1) is 18.3 Å². The lowest BCUT2D eigenvalue weighted by Crippen LogP contribution is -2.22. The van der Waals surface area contributed by atoms with Crippen LogP contribution in [0.1, 0.15) is 34.3 Å². The molecule has 6 nitrogen and oxygen atoms in total. The van der Waals surface area contributed by atoms with Crippen LogP contribution in [0, 0.1) is 0 Å². The monoisotopic (exact) mass is 373 g/mol. The summed E-state index contributed by atoms with van der Waals surface area (Å²) in [6.07, 6.45) is 5.17. The third kappa shape index (κ3) is 3.44. The fraction of sp³-hybridized carbons (Fsp3) is 0.136. The standard InChI is InChI=1S/C22H19N3O3/c1-2-21(26)25-10-9-18-11-17(7-8-20(18)25)15-3-5-16(6-4-15)22(27)24-13-19-12-23-14-28-19/h3-12,14H,2,13H2,1H3,(H,24,27). The average Bonchev–Trinajstić information content (AvgIpc) is 3.41. The summed E-state index contributed by atoms with van der Waals surface area (Å²) in [6.45, 7) is 2.15. The summed E-state index contributed by atoms with van der Waals surface area (Å²) in [4.78, 5) is 28.1. The first-order chi connectivity index (χ1) is 13.7. The van der Waals surface area contributed by atoms with E-state index in [2.05, 4.69) is 10.3 Å². The minimum atomic E-state index is -0.173. The van der Waals surface area contributed by atoms with Crippen molar-refractivity contribution in [2.24, 2.45) is 0 Å². The maximum Gasteiger partial charge on any atom is 0.251 e. The SMILES string of the molecule is CCC(=O)n1ccc2cc(-c3ccc(C(=O)NCc4cnco4)cc3)ccc21. The van der Waals surface area contributed by atoms with Crippen LogP contribution in [0.2, 0.25) is 0 Å². The summed E-state index contributed by atoms with van der Waals surface area (Å²) in [5.74, 6) is 0.503. The van der Waals surface area contributed by atoms with Gasteiger partial charge in [0.1, 0.15) is 5.76 Å². The molecule has 2 aromatic carbocycles. The number of aromatic nitrogens is 2. The van der Waals surface area contributed by atoms with Gasteiger partial charge in [-0.2, -0.15) is 0 Å². The topological polar surface area (TPSA) is 77.1 Å². The molecule has 0 aliphatic carbocycles. The molecule has 140 valence electrons. The Balaban J connectivity index is 1.51. The molecule has 1 N–H and O–H groups in total. The molecule has 28 heavy (non-hydrogen) atoms. The van der Waals surface area contributed by atoms with E-state index in [1.807, 2.05) is 49.5 Å². The van der Waals surface area contributed by atoms with E-state index in [1.165, 1.54) is 6.39 Å². The number of oxazole rings is 1. The molecule has 4 rings (SSSR count). The number of nitrogens with zero attached hydrogens (tertiary/aromatic N) is 2. The van der Waals surface area contributed by atoms with Crippen molar-refractivity contribution in [3.63, 3.8) is 0 Å². The summed E-state index contributed by atoms with van der Waals surface area (Å²) in [7, 11) is 0. The second-order valence-electron chi connectivity index (χ2n) is 6.43. The lowest BCUT2D eigenvalue weighted by Gasteiger charge is -2.07. The van der Waals surface area contributed by atoms with Gasteiger partial charge in [-0.05, 0) is 41.5 Å². The number of carbonyl (C=O) groups excluding carboxylic acids is 2. The van der Waals surface area contributed by atoms with E-state index < -0.39 is 0 Å². The minimum absolute atomic E-state index is 0.0726. The van der Waals surface area contributed by atoms with Gasteiger partial charge in [0.25, 0.3) is 5.91 Å². The predicted octanol–water partition coefficient (Wildman–Crippen LogP) is 4.28. The highest BCUT2D eigenvalue weighted by Gasteiger charge is 2.10. The third-order valence-corrected chi connectivity index (χ3v) is 4.65. The van der Waals surface area contributed by atoms with Crippen LogP contribution in [0.5, 0.6) is 0 Å². The van der Waals surface area contributed by atoms with E-state index >= 15 is 0 Å². The molecule has 4 aromatic rings. The van der Waals surface area contributed by atoms with Crippen LogP contribution in [0.3, 0.4) is 0 Å². The molecule has 0 saturated heterocycles. The Bertz CT molecular complexity index is 1130. The maximum atomic E-state index is 12.2. The summed E-state index contributed by atoms with van der Waals surface area (Å²) in [5, 5.41) is 3.80. The van der Waals surface area contributed by atoms with Crippen molar-refractivity contribution in [3.05, 3.63) is 78.6 Å². The van der Waals surface area contributed by atoms with E-state index in [1.54, 1.807) is 22.9 Å². The second-order valence-corrected chi connectivity index (χ2v) is 6.43. The van der Waals surface area contributed by atoms with Crippen molar-refractivity contribution in [3.8, 4) is 11.1 Å². The Morgan fingerprint density at radius 1 is 1.07 bits per heavy atom. The molecule has 0 saturated carbocycles. The number of hydrogen-bond donors (Lipinski definition) is 1. The normalized spacial score (nSPS) is 10.9.